The van der Waals surface area contributed by atoms with Gasteiger partial charge in [0.05, 0.1) is 22.0 Å². The number of hydrogen-bond acceptors (Lipinski definition) is 6. The molecule has 2 aromatic carbocycles. The minimum Gasteiger partial charge on any atom is -0.265 e. The lowest BCUT2D eigenvalue weighted by Gasteiger charge is -2.34. The Morgan fingerprint density at radius 2 is 0.757 bits per heavy atom. The lowest BCUT2D eigenvalue weighted by Crippen LogP contribution is -2.77. The Kier molecular flexibility index (Phi) is 6.10. The number of pyridine rings is 2. The maximum absolute atomic E-state index is 5.09. The van der Waals surface area contributed by atoms with Crippen molar-refractivity contribution in [1.29, 1.82) is 0 Å². The summed E-state index contributed by atoms with van der Waals surface area (Å²) in [6.07, 6.45) is 14.2. The first-order chi connectivity index (χ1) is 18.4. The summed E-state index contributed by atoms with van der Waals surface area (Å²) in [5.74, 6) is 0. The van der Waals surface area contributed by atoms with Crippen LogP contribution in [-0.4, -0.2) is 38.0 Å². The molecule has 4 aromatic heterocycles. The zero-order valence-corrected chi connectivity index (χ0v) is 20.9. The van der Waals surface area contributed by atoms with Gasteiger partial charge in [-0.1, -0.05) is 60.7 Å². The van der Waals surface area contributed by atoms with Crippen LogP contribution < -0.4 is 21.0 Å². The molecule has 0 aliphatic carbocycles. The quantitative estimate of drug-likeness (QED) is 0.332. The third-order valence-corrected chi connectivity index (χ3v) is 11.0. The molecule has 0 aliphatic rings. The summed E-state index contributed by atoms with van der Waals surface area (Å²) in [6.45, 7) is 0. The second kappa shape index (κ2) is 10.0. The summed E-state index contributed by atoms with van der Waals surface area (Å²) >= 11 is 0. The first-order valence-corrected chi connectivity index (χ1v) is 13.9. The molecule has 176 valence electrons. The van der Waals surface area contributed by atoms with Gasteiger partial charge in [0, 0.05) is 60.7 Å². The first-order valence-electron chi connectivity index (χ1n) is 11.9. The van der Waals surface area contributed by atoms with Crippen molar-refractivity contribution in [2.45, 2.75) is 0 Å². The van der Waals surface area contributed by atoms with Crippen molar-refractivity contribution in [2.24, 2.45) is 0 Å². The molecule has 0 unspecified atom stereocenters. The fourth-order valence-electron chi connectivity index (χ4n) is 4.87. The normalized spacial score (nSPS) is 11.2. The van der Waals surface area contributed by atoms with Crippen LogP contribution in [0, 0.1) is 0 Å². The Bertz CT molecular complexity index is 1490. The van der Waals surface area contributed by atoms with Crippen molar-refractivity contribution < 1.29 is 0 Å². The van der Waals surface area contributed by atoms with Crippen molar-refractivity contribution in [3.05, 3.63) is 135 Å². The summed E-state index contributed by atoms with van der Waals surface area (Å²) in [4.78, 5) is 28.4. The highest BCUT2D eigenvalue weighted by molar-refractivity contribution is 7.20. The third-order valence-electron chi connectivity index (χ3n) is 6.43. The largest absolute Gasteiger partial charge is 0.265 e. The molecule has 7 heteroatoms. The molecular weight excluding hydrogens is 472 g/mol. The second-order valence-corrected chi connectivity index (χ2v) is 12.1. The second-order valence-electron chi connectivity index (χ2n) is 8.46. The molecule has 0 atom stereocenters. The topological polar surface area (TPSA) is 77.3 Å². The molecular formula is C30H22N6Si. The summed E-state index contributed by atoms with van der Waals surface area (Å²) in [6, 6.07) is 29.0. The minimum atomic E-state index is -3.14. The van der Waals surface area contributed by atoms with Crippen molar-refractivity contribution in [3.63, 3.8) is 0 Å². The molecule has 0 bridgehead atoms. The maximum atomic E-state index is 5.09. The highest BCUT2D eigenvalue weighted by Crippen LogP contribution is 2.21. The predicted octanol–water partition coefficient (Wildman–Crippen LogP) is 2.77. The molecule has 6 aromatic rings. The molecule has 0 radical (unpaired) electrons. The van der Waals surface area contributed by atoms with Gasteiger partial charge in [-0.05, 0) is 34.6 Å². The van der Waals surface area contributed by atoms with Gasteiger partial charge in [0.2, 0.25) is 8.07 Å². The standard InChI is InChI=1S/C30H22N6Si/c1-3-7-25(8-4-1)37(26-9-5-2-6-10-26,29-27(33-19-21-35-29)23-11-15-31-16-12-23)30-28(34-20-22-36-30)24-13-17-32-18-14-24/h1-22H. The monoisotopic (exact) mass is 494 g/mol. The molecule has 0 saturated carbocycles. The average molecular weight is 495 g/mol. The molecule has 0 N–H and O–H groups in total. The number of aromatic nitrogens is 6. The van der Waals surface area contributed by atoms with E-state index in [2.05, 4.69) is 58.5 Å². The highest BCUT2D eigenvalue weighted by atomic mass is 28.3. The predicted molar refractivity (Wildman–Crippen MR) is 148 cm³/mol. The fourth-order valence-corrected chi connectivity index (χ4v) is 9.57. The van der Waals surface area contributed by atoms with Gasteiger partial charge < -0.3 is 0 Å². The van der Waals surface area contributed by atoms with Crippen molar-refractivity contribution in [1.82, 2.24) is 29.9 Å². The smallest absolute Gasteiger partial charge is 0.229 e. The van der Waals surface area contributed by atoms with E-state index in [0.29, 0.717) is 0 Å². The third kappa shape index (κ3) is 4.01. The summed E-state index contributed by atoms with van der Waals surface area (Å²) in [7, 11) is -3.14. The van der Waals surface area contributed by atoms with Gasteiger partial charge in [0.15, 0.2) is 0 Å². The molecule has 4 heterocycles. The summed E-state index contributed by atoms with van der Waals surface area (Å²) in [5, 5.41) is 4.09. The minimum absolute atomic E-state index is 0.815. The van der Waals surface area contributed by atoms with Crippen LogP contribution in [0.1, 0.15) is 0 Å². The Labute approximate surface area is 215 Å². The molecule has 0 spiro atoms. The Hall–Kier alpha value is -4.88. The van der Waals surface area contributed by atoms with E-state index >= 15 is 0 Å². The van der Waals surface area contributed by atoms with Gasteiger partial charge in [-0.15, -0.1) is 0 Å². The summed E-state index contributed by atoms with van der Waals surface area (Å²) < 4.78 is 0. The van der Waals surface area contributed by atoms with E-state index < -0.39 is 8.07 Å². The van der Waals surface area contributed by atoms with Crippen LogP contribution >= 0.6 is 0 Å². The van der Waals surface area contributed by atoms with Crippen LogP contribution in [-0.2, 0) is 0 Å². The van der Waals surface area contributed by atoms with E-state index in [1.165, 1.54) is 0 Å². The highest BCUT2D eigenvalue weighted by Gasteiger charge is 2.48. The van der Waals surface area contributed by atoms with Crippen molar-refractivity contribution in [2.75, 3.05) is 0 Å². The van der Waals surface area contributed by atoms with E-state index in [1.807, 2.05) is 36.4 Å². The van der Waals surface area contributed by atoms with Crippen LogP contribution in [0.3, 0.4) is 0 Å². The van der Waals surface area contributed by atoms with Crippen LogP contribution in [0.5, 0.6) is 0 Å². The molecule has 0 aliphatic heterocycles. The van der Waals surface area contributed by atoms with E-state index in [0.717, 1.165) is 43.5 Å². The zero-order chi connectivity index (χ0) is 24.9. The van der Waals surface area contributed by atoms with E-state index in [4.69, 9.17) is 19.9 Å². The van der Waals surface area contributed by atoms with Gasteiger partial charge in [-0.2, -0.15) is 0 Å². The Morgan fingerprint density at radius 1 is 0.378 bits per heavy atom. The lowest BCUT2D eigenvalue weighted by atomic mass is 10.2. The Balaban J connectivity index is 1.80. The molecule has 6 nitrogen and oxygen atoms in total. The maximum Gasteiger partial charge on any atom is 0.229 e. The van der Waals surface area contributed by atoms with Crippen LogP contribution in [0.15, 0.2) is 135 Å². The van der Waals surface area contributed by atoms with E-state index in [1.54, 1.807) is 49.6 Å². The number of rotatable bonds is 6. The van der Waals surface area contributed by atoms with E-state index in [-0.39, 0.29) is 0 Å². The van der Waals surface area contributed by atoms with Gasteiger partial charge in [-0.3, -0.25) is 29.9 Å². The van der Waals surface area contributed by atoms with Crippen LogP contribution in [0.4, 0.5) is 0 Å². The van der Waals surface area contributed by atoms with Crippen LogP contribution in [0.25, 0.3) is 22.5 Å². The first kappa shape index (κ1) is 22.6. The number of nitrogens with zero attached hydrogens (tertiary/aromatic N) is 6. The van der Waals surface area contributed by atoms with Gasteiger partial charge in [0.25, 0.3) is 0 Å². The molecule has 0 saturated heterocycles. The number of hydrogen-bond donors (Lipinski definition) is 0. The molecule has 37 heavy (non-hydrogen) atoms. The fraction of sp³-hybridized carbons (Fsp3) is 0. The zero-order valence-electron chi connectivity index (χ0n) is 19.9. The molecule has 0 fully saturated rings. The lowest BCUT2D eigenvalue weighted by molar-refractivity contribution is 1.21. The van der Waals surface area contributed by atoms with Gasteiger partial charge in [0.1, 0.15) is 0 Å². The van der Waals surface area contributed by atoms with Gasteiger partial charge in [-0.25, -0.2) is 0 Å². The van der Waals surface area contributed by atoms with Crippen molar-refractivity contribution in [3.8, 4) is 22.5 Å². The molecule has 6 rings (SSSR count). The molecule has 0 amide bonds. The average Bonchev–Trinajstić information content (AvgIpc) is 3.00. The Morgan fingerprint density at radius 3 is 1.16 bits per heavy atom. The number of benzene rings is 2. The SMILES string of the molecule is c1ccc([Si](c2ccccc2)(c2nccnc2-c2ccncc2)c2nccnc2-c2ccncc2)cc1. The van der Waals surface area contributed by atoms with E-state index in [9.17, 15) is 0 Å². The van der Waals surface area contributed by atoms with Gasteiger partial charge >= 0.3 is 0 Å². The van der Waals surface area contributed by atoms with Crippen LogP contribution in [0.2, 0.25) is 0 Å². The van der Waals surface area contributed by atoms with Crippen molar-refractivity contribution >= 4 is 29.1 Å². The summed E-state index contributed by atoms with van der Waals surface area (Å²) in [5.41, 5.74) is 3.54.